The van der Waals surface area contributed by atoms with Crippen LogP contribution in [0.2, 0.25) is 0 Å². The van der Waals surface area contributed by atoms with E-state index < -0.39 is 17.7 Å². The van der Waals surface area contributed by atoms with E-state index in [1.165, 1.54) is 26.2 Å². The number of methoxy groups -OCH3 is 1. The van der Waals surface area contributed by atoms with E-state index in [1.807, 2.05) is 0 Å². The van der Waals surface area contributed by atoms with Crippen molar-refractivity contribution < 1.29 is 19.1 Å². The SMILES string of the molecule is COc1ccc(NC(=O)C(=O)N(C(C)=O)c2ccc(N)cc2)cc1. The highest BCUT2D eigenvalue weighted by Gasteiger charge is 2.26. The molecule has 124 valence electrons. The lowest BCUT2D eigenvalue weighted by molar-refractivity contribution is -0.136. The van der Waals surface area contributed by atoms with Crippen molar-refractivity contribution in [1.29, 1.82) is 0 Å². The van der Waals surface area contributed by atoms with Gasteiger partial charge in [-0.05, 0) is 48.5 Å². The maximum atomic E-state index is 12.3. The first kappa shape index (κ1) is 17.0. The smallest absolute Gasteiger partial charge is 0.323 e. The van der Waals surface area contributed by atoms with Gasteiger partial charge in [0.25, 0.3) is 0 Å². The highest BCUT2D eigenvalue weighted by molar-refractivity contribution is 6.48. The third kappa shape index (κ3) is 3.89. The topological polar surface area (TPSA) is 102 Å². The van der Waals surface area contributed by atoms with Gasteiger partial charge in [0.2, 0.25) is 5.91 Å². The van der Waals surface area contributed by atoms with Gasteiger partial charge in [-0.15, -0.1) is 0 Å². The van der Waals surface area contributed by atoms with Crippen LogP contribution >= 0.6 is 0 Å². The van der Waals surface area contributed by atoms with Gasteiger partial charge in [-0.25, -0.2) is 4.90 Å². The second-order valence-electron chi connectivity index (χ2n) is 4.93. The van der Waals surface area contributed by atoms with Crippen molar-refractivity contribution in [2.24, 2.45) is 0 Å². The molecule has 0 unspecified atom stereocenters. The minimum absolute atomic E-state index is 0.270. The zero-order valence-corrected chi connectivity index (χ0v) is 13.3. The van der Waals surface area contributed by atoms with Crippen molar-refractivity contribution in [3.8, 4) is 5.75 Å². The Labute approximate surface area is 139 Å². The van der Waals surface area contributed by atoms with Crippen molar-refractivity contribution in [3.63, 3.8) is 0 Å². The lowest BCUT2D eigenvalue weighted by atomic mass is 10.2. The highest BCUT2D eigenvalue weighted by atomic mass is 16.5. The first-order valence-corrected chi connectivity index (χ1v) is 7.08. The van der Waals surface area contributed by atoms with E-state index in [1.54, 1.807) is 36.4 Å². The molecule has 7 nitrogen and oxygen atoms in total. The first-order valence-electron chi connectivity index (χ1n) is 7.08. The predicted molar refractivity (Wildman–Crippen MR) is 90.6 cm³/mol. The van der Waals surface area contributed by atoms with Crippen LogP contribution in [0, 0.1) is 0 Å². The number of hydrogen-bond acceptors (Lipinski definition) is 5. The maximum absolute atomic E-state index is 12.3. The summed E-state index contributed by atoms with van der Waals surface area (Å²) in [6, 6.07) is 12.5. The summed E-state index contributed by atoms with van der Waals surface area (Å²) in [6.07, 6.45) is 0. The second kappa shape index (κ2) is 7.28. The van der Waals surface area contributed by atoms with E-state index >= 15 is 0 Å². The third-order valence-corrected chi connectivity index (χ3v) is 3.21. The van der Waals surface area contributed by atoms with E-state index in [9.17, 15) is 14.4 Å². The zero-order valence-electron chi connectivity index (χ0n) is 13.3. The van der Waals surface area contributed by atoms with Crippen LogP contribution in [0.25, 0.3) is 0 Å². The predicted octanol–water partition coefficient (Wildman–Crippen LogP) is 1.80. The Bertz CT molecular complexity index is 754. The molecule has 2 aromatic carbocycles. The molecule has 2 aromatic rings. The summed E-state index contributed by atoms with van der Waals surface area (Å²) in [5, 5.41) is 2.45. The molecule has 3 amide bonds. The van der Waals surface area contributed by atoms with Crippen LogP contribution in [0.5, 0.6) is 5.75 Å². The summed E-state index contributed by atoms with van der Waals surface area (Å²) < 4.78 is 5.02. The zero-order chi connectivity index (χ0) is 17.7. The number of nitrogens with zero attached hydrogens (tertiary/aromatic N) is 1. The van der Waals surface area contributed by atoms with E-state index in [4.69, 9.17) is 10.5 Å². The Balaban J connectivity index is 2.17. The molecular weight excluding hydrogens is 310 g/mol. The minimum Gasteiger partial charge on any atom is -0.497 e. The molecule has 2 rings (SSSR count). The van der Waals surface area contributed by atoms with Crippen molar-refractivity contribution in [3.05, 3.63) is 48.5 Å². The number of benzene rings is 2. The Kier molecular flexibility index (Phi) is 5.16. The first-order chi connectivity index (χ1) is 11.4. The monoisotopic (exact) mass is 327 g/mol. The molecule has 0 bridgehead atoms. The van der Waals surface area contributed by atoms with Gasteiger partial charge < -0.3 is 15.8 Å². The van der Waals surface area contributed by atoms with Gasteiger partial charge in [0.1, 0.15) is 5.75 Å². The Morgan fingerprint density at radius 2 is 1.58 bits per heavy atom. The van der Waals surface area contributed by atoms with Crippen LogP contribution in [0.3, 0.4) is 0 Å². The summed E-state index contributed by atoms with van der Waals surface area (Å²) in [5.41, 5.74) is 6.75. The molecule has 0 aliphatic heterocycles. The van der Waals surface area contributed by atoms with Gasteiger partial charge in [0.15, 0.2) is 0 Å². The molecule has 0 saturated carbocycles. The Morgan fingerprint density at radius 1 is 1.00 bits per heavy atom. The van der Waals surface area contributed by atoms with Crippen molar-refractivity contribution in [1.82, 2.24) is 0 Å². The average Bonchev–Trinajstić information content (AvgIpc) is 2.57. The molecule has 0 fully saturated rings. The third-order valence-electron chi connectivity index (χ3n) is 3.21. The molecule has 0 aromatic heterocycles. The van der Waals surface area contributed by atoms with E-state index in [2.05, 4.69) is 5.32 Å². The van der Waals surface area contributed by atoms with Crippen LogP contribution in [0.1, 0.15) is 6.92 Å². The van der Waals surface area contributed by atoms with Crippen molar-refractivity contribution in [2.75, 3.05) is 23.1 Å². The van der Waals surface area contributed by atoms with Crippen LogP contribution in [0.15, 0.2) is 48.5 Å². The number of carbonyl (C=O) groups is 3. The summed E-state index contributed by atoms with van der Waals surface area (Å²) in [5.74, 6) is -1.86. The van der Waals surface area contributed by atoms with E-state index in [-0.39, 0.29) is 5.69 Å². The number of anilines is 3. The number of nitrogens with one attached hydrogen (secondary N) is 1. The Hall–Kier alpha value is -3.35. The number of ether oxygens (including phenoxy) is 1. The molecule has 3 N–H and O–H groups in total. The fourth-order valence-electron chi connectivity index (χ4n) is 2.03. The van der Waals surface area contributed by atoms with Gasteiger partial charge >= 0.3 is 11.8 Å². The number of nitrogen functional groups attached to an aromatic ring is 1. The van der Waals surface area contributed by atoms with Gasteiger partial charge in [0.05, 0.1) is 12.8 Å². The molecule has 0 saturated heterocycles. The van der Waals surface area contributed by atoms with Gasteiger partial charge in [-0.2, -0.15) is 0 Å². The molecule has 0 heterocycles. The van der Waals surface area contributed by atoms with Crippen LogP contribution < -0.4 is 20.7 Å². The van der Waals surface area contributed by atoms with E-state index in [0.29, 0.717) is 17.1 Å². The fraction of sp³-hybridized carbons (Fsp3) is 0.118. The Morgan fingerprint density at radius 3 is 2.08 bits per heavy atom. The largest absolute Gasteiger partial charge is 0.497 e. The average molecular weight is 327 g/mol. The molecule has 0 aliphatic carbocycles. The molecule has 0 atom stereocenters. The number of hydrogen-bond donors (Lipinski definition) is 2. The maximum Gasteiger partial charge on any atom is 0.323 e. The molecular formula is C17H17N3O4. The van der Waals surface area contributed by atoms with E-state index in [0.717, 1.165) is 4.90 Å². The minimum atomic E-state index is -0.983. The van der Waals surface area contributed by atoms with Crippen molar-refractivity contribution in [2.45, 2.75) is 6.92 Å². The summed E-state index contributed by atoms with van der Waals surface area (Å²) in [6.45, 7) is 1.20. The number of imide groups is 1. The quantitative estimate of drug-likeness (QED) is 0.661. The summed E-state index contributed by atoms with van der Waals surface area (Å²) >= 11 is 0. The normalized spacial score (nSPS) is 9.92. The molecule has 0 radical (unpaired) electrons. The number of amides is 3. The lowest BCUT2D eigenvalue weighted by Gasteiger charge is -2.18. The molecule has 24 heavy (non-hydrogen) atoms. The lowest BCUT2D eigenvalue weighted by Crippen LogP contribution is -2.42. The van der Waals surface area contributed by atoms with Gasteiger partial charge in [0, 0.05) is 18.3 Å². The number of nitrogens with two attached hydrogens (primary N) is 1. The standard InChI is InChI=1S/C17H17N3O4/c1-11(21)20(14-7-3-12(18)4-8-14)17(23)16(22)19-13-5-9-15(24-2)10-6-13/h3-10H,18H2,1-2H3,(H,19,22). The summed E-state index contributed by atoms with van der Waals surface area (Å²) in [4.78, 5) is 37.1. The molecule has 0 spiro atoms. The van der Waals surface area contributed by atoms with Crippen LogP contribution in [-0.4, -0.2) is 24.8 Å². The number of rotatable bonds is 3. The highest BCUT2D eigenvalue weighted by Crippen LogP contribution is 2.18. The number of carbonyl (C=O) groups excluding carboxylic acids is 3. The van der Waals surface area contributed by atoms with Crippen LogP contribution in [-0.2, 0) is 14.4 Å². The van der Waals surface area contributed by atoms with Gasteiger partial charge in [-0.3, -0.25) is 14.4 Å². The fourth-order valence-corrected chi connectivity index (χ4v) is 2.03. The molecule has 7 heteroatoms. The summed E-state index contributed by atoms with van der Waals surface area (Å²) in [7, 11) is 1.52. The van der Waals surface area contributed by atoms with Gasteiger partial charge in [-0.1, -0.05) is 0 Å². The van der Waals surface area contributed by atoms with Crippen LogP contribution in [0.4, 0.5) is 17.1 Å². The molecule has 0 aliphatic rings. The second-order valence-corrected chi connectivity index (χ2v) is 4.93. The van der Waals surface area contributed by atoms with Crippen molar-refractivity contribution >= 4 is 34.8 Å².